The number of hydrogen-bond donors (Lipinski definition) is 4. The normalized spacial score (nSPS) is 11.5. The van der Waals surface area contributed by atoms with Crippen molar-refractivity contribution in [3.8, 4) is 0 Å². The number of nitrogens with one attached hydrogen (secondary N) is 3. The Kier molecular flexibility index (Phi) is 6.12. The molecule has 0 spiro atoms. The molecule has 0 bridgehead atoms. The number of aryl methyl sites for hydroxylation is 2. The summed E-state index contributed by atoms with van der Waals surface area (Å²) in [6, 6.07) is 16.9. The fourth-order valence-corrected chi connectivity index (χ4v) is 3.50. The Bertz CT molecular complexity index is 1270. The first kappa shape index (κ1) is 21.0. The van der Waals surface area contributed by atoms with Crippen molar-refractivity contribution < 1.29 is 4.79 Å². The molecular weight excluding hydrogens is 402 g/mol. The van der Waals surface area contributed by atoms with E-state index in [0.29, 0.717) is 30.2 Å². The van der Waals surface area contributed by atoms with Crippen molar-refractivity contribution in [1.29, 1.82) is 0 Å². The number of guanidine groups is 1. The minimum Gasteiger partial charge on any atom is -0.398 e. The van der Waals surface area contributed by atoms with E-state index in [4.69, 9.17) is 5.73 Å². The Morgan fingerprint density at radius 2 is 1.78 bits per heavy atom. The van der Waals surface area contributed by atoms with Crippen LogP contribution in [0, 0.1) is 13.8 Å². The highest BCUT2D eigenvalue weighted by Gasteiger charge is 2.13. The van der Waals surface area contributed by atoms with Crippen LogP contribution in [-0.2, 0) is 6.42 Å². The van der Waals surface area contributed by atoms with Crippen molar-refractivity contribution in [1.82, 2.24) is 20.3 Å². The van der Waals surface area contributed by atoms with E-state index in [9.17, 15) is 4.79 Å². The number of fused-ring (bicyclic) bond motifs is 1. The summed E-state index contributed by atoms with van der Waals surface area (Å²) in [5, 5.41) is 7.02. The highest BCUT2D eigenvalue weighted by atomic mass is 16.1. The Morgan fingerprint density at radius 3 is 2.56 bits per heavy atom. The van der Waals surface area contributed by atoms with Gasteiger partial charge in [-0.3, -0.25) is 20.4 Å². The summed E-state index contributed by atoms with van der Waals surface area (Å²) in [6.07, 6.45) is 2.69. The average Bonchev–Trinajstić information content (AvgIpc) is 3.16. The van der Waals surface area contributed by atoms with Crippen LogP contribution < -0.4 is 16.4 Å². The maximum absolute atomic E-state index is 12.8. The zero-order valence-corrected chi connectivity index (χ0v) is 18.0. The molecule has 8 nitrogen and oxygen atoms in total. The van der Waals surface area contributed by atoms with Crippen molar-refractivity contribution in [3.63, 3.8) is 0 Å². The summed E-state index contributed by atoms with van der Waals surface area (Å²) >= 11 is 0. The van der Waals surface area contributed by atoms with Crippen molar-refractivity contribution in [2.75, 3.05) is 17.6 Å². The maximum Gasteiger partial charge on any atom is 0.260 e. The molecule has 0 unspecified atom stereocenters. The standard InChI is InChI=1S/C24H25N7O/c1-15-13-16(2)29-24(28-15)31-23(30-22(32)19-8-3-5-9-20(19)25)26-12-11-17-14-27-21-10-6-4-7-18(17)21/h3-10,13-14,27H,11-12,25H2,1-2H3,(H2,26,28,29,30,31,32). The number of para-hydroxylation sites is 2. The number of nitrogens with zero attached hydrogens (tertiary/aromatic N) is 3. The molecule has 4 aromatic rings. The minimum atomic E-state index is -0.356. The smallest absolute Gasteiger partial charge is 0.260 e. The third kappa shape index (κ3) is 4.92. The molecule has 162 valence electrons. The molecule has 0 saturated carbocycles. The van der Waals surface area contributed by atoms with Crippen LogP contribution in [0.25, 0.3) is 10.9 Å². The van der Waals surface area contributed by atoms with Crippen LogP contribution in [-0.4, -0.2) is 33.4 Å². The van der Waals surface area contributed by atoms with E-state index >= 15 is 0 Å². The third-order valence-electron chi connectivity index (χ3n) is 4.98. The molecule has 0 fully saturated rings. The predicted molar refractivity (Wildman–Crippen MR) is 128 cm³/mol. The first-order chi connectivity index (χ1) is 15.5. The molecule has 0 atom stereocenters. The number of carbonyl (C=O) groups is 1. The van der Waals surface area contributed by atoms with Gasteiger partial charge in [-0.15, -0.1) is 0 Å². The van der Waals surface area contributed by atoms with Crippen LogP contribution in [0.5, 0.6) is 0 Å². The molecule has 0 aliphatic heterocycles. The second-order valence-electron chi connectivity index (χ2n) is 7.48. The number of hydrogen-bond acceptors (Lipinski definition) is 5. The van der Waals surface area contributed by atoms with Gasteiger partial charge < -0.3 is 10.7 Å². The first-order valence-electron chi connectivity index (χ1n) is 10.3. The summed E-state index contributed by atoms with van der Waals surface area (Å²) in [4.78, 5) is 29.4. The molecule has 8 heteroatoms. The lowest BCUT2D eigenvalue weighted by Crippen LogP contribution is -2.37. The quantitative estimate of drug-likeness (QED) is 0.220. The van der Waals surface area contributed by atoms with Crippen LogP contribution in [0.4, 0.5) is 11.6 Å². The van der Waals surface area contributed by atoms with Gasteiger partial charge in [0.15, 0.2) is 0 Å². The summed E-state index contributed by atoms with van der Waals surface area (Å²) in [6.45, 7) is 4.23. The van der Waals surface area contributed by atoms with E-state index in [0.717, 1.165) is 27.9 Å². The number of benzene rings is 2. The molecule has 0 saturated heterocycles. The van der Waals surface area contributed by atoms with Gasteiger partial charge in [-0.25, -0.2) is 9.97 Å². The number of nitrogens with two attached hydrogens (primary N) is 1. The molecule has 5 N–H and O–H groups in total. The van der Waals surface area contributed by atoms with Gasteiger partial charge in [0, 0.05) is 40.7 Å². The van der Waals surface area contributed by atoms with Gasteiger partial charge in [-0.05, 0) is 50.1 Å². The van der Waals surface area contributed by atoms with Crippen molar-refractivity contribution in [2.24, 2.45) is 4.99 Å². The largest absolute Gasteiger partial charge is 0.398 e. The Hall–Kier alpha value is -4.20. The van der Waals surface area contributed by atoms with Gasteiger partial charge in [-0.2, -0.15) is 0 Å². The van der Waals surface area contributed by atoms with Crippen molar-refractivity contribution in [3.05, 3.63) is 83.3 Å². The van der Waals surface area contributed by atoms with Gasteiger partial charge in [0.2, 0.25) is 11.9 Å². The van der Waals surface area contributed by atoms with Crippen LogP contribution in [0.3, 0.4) is 0 Å². The fourth-order valence-electron chi connectivity index (χ4n) is 3.50. The number of amides is 1. The Labute approximate surface area is 186 Å². The second kappa shape index (κ2) is 9.30. The summed E-state index contributed by atoms with van der Waals surface area (Å²) in [5.74, 6) is 0.281. The van der Waals surface area contributed by atoms with Crippen LogP contribution in [0.15, 0.2) is 65.8 Å². The molecule has 0 aliphatic rings. The number of nitrogen functional groups attached to an aromatic ring is 1. The Balaban J connectivity index is 1.55. The molecule has 2 aromatic heterocycles. The lowest BCUT2D eigenvalue weighted by molar-refractivity contribution is 0.0978. The number of aromatic amines is 1. The highest BCUT2D eigenvalue weighted by molar-refractivity contribution is 6.11. The van der Waals surface area contributed by atoms with Crippen molar-refractivity contribution in [2.45, 2.75) is 20.3 Å². The van der Waals surface area contributed by atoms with Gasteiger partial charge in [0.1, 0.15) is 0 Å². The summed E-state index contributed by atoms with van der Waals surface area (Å²) in [5.41, 5.74) is 10.6. The van der Waals surface area contributed by atoms with E-state index in [1.807, 2.05) is 44.3 Å². The number of anilines is 2. The number of carbonyl (C=O) groups excluding carboxylic acids is 1. The predicted octanol–water partition coefficient (Wildman–Crippen LogP) is 3.60. The fraction of sp³-hybridized carbons (Fsp3) is 0.167. The van der Waals surface area contributed by atoms with E-state index in [1.54, 1.807) is 24.3 Å². The van der Waals surface area contributed by atoms with E-state index < -0.39 is 0 Å². The summed E-state index contributed by atoms with van der Waals surface area (Å²) in [7, 11) is 0. The van der Waals surface area contributed by atoms with E-state index in [1.165, 1.54) is 0 Å². The molecule has 2 aromatic carbocycles. The van der Waals surface area contributed by atoms with Gasteiger partial charge >= 0.3 is 0 Å². The third-order valence-corrected chi connectivity index (χ3v) is 4.98. The molecule has 0 radical (unpaired) electrons. The SMILES string of the molecule is Cc1cc(C)nc(NC(=NCCc2c[nH]c3ccccc23)NC(=O)c2ccccc2N)n1. The lowest BCUT2D eigenvalue weighted by Gasteiger charge is -2.12. The van der Waals surface area contributed by atoms with Gasteiger partial charge in [0.25, 0.3) is 5.91 Å². The summed E-state index contributed by atoms with van der Waals surface area (Å²) < 4.78 is 0. The number of aromatic nitrogens is 3. The second-order valence-corrected chi connectivity index (χ2v) is 7.48. The number of rotatable bonds is 5. The minimum absolute atomic E-state index is 0.267. The van der Waals surface area contributed by atoms with Gasteiger partial charge in [0.05, 0.1) is 5.56 Å². The molecule has 1 amide bonds. The van der Waals surface area contributed by atoms with Crippen molar-refractivity contribution >= 4 is 34.4 Å². The van der Waals surface area contributed by atoms with Crippen LogP contribution in [0.2, 0.25) is 0 Å². The maximum atomic E-state index is 12.8. The number of aliphatic imine (C=N–C) groups is 1. The zero-order valence-electron chi connectivity index (χ0n) is 18.0. The van der Waals surface area contributed by atoms with E-state index in [2.05, 4.69) is 36.6 Å². The molecular formula is C24H25N7O. The first-order valence-corrected chi connectivity index (χ1v) is 10.3. The molecule has 2 heterocycles. The Morgan fingerprint density at radius 1 is 1.06 bits per heavy atom. The molecule has 0 aliphatic carbocycles. The molecule has 32 heavy (non-hydrogen) atoms. The zero-order chi connectivity index (χ0) is 22.5. The topological polar surface area (TPSA) is 121 Å². The van der Waals surface area contributed by atoms with Crippen LogP contribution in [0.1, 0.15) is 27.3 Å². The highest BCUT2D eigenvalue weighted by Crippen LogP contribution is 2.18. The van der Waals surface area contributed by atoms with E-state index in [-0.39, 0.29) is 11.9 Å². The van der Waals surface area contributed by atoms with Crippen LogP contribution >= 0.6 is 0 Å². The molecule has 4 rings (SSSR count). The average molecular weight is 428 g/mol. The van der Waals surface area contributed by atoms with Gasteiger partial charge in [-0.1, -0.05) is 30.3 Å². The monoisotopic (exact) mass is 427 g/mol. The number of H-pyrrole nitrogens is 1. The lowest BCUT2D eigenvalue weighted by atomic mass is 10.1.